The van der Waals surface area contributed by atoms with Crippen LogP contribution in [0.25, 0.3) is 0 Å². The van der Waals surface area contributed by atoms with Gasteiger partial charge < -0.3 is 14.8 Å². The van der Waals surface area contributed by atoms with Crippen LogP contribution in [0.2, 0.25) is 0 Å². The number of alkyl halides is 3. The number of nitrogens with one attached hydrogen (secondary N) is 1. The van der Waals surface area contributed by atoms with Crippen molar-refractivity contribution in [2.75, 3.05) is 19.5 Å². The van der Waals surface area contributed by atoms with Crippen LogP contribution in [0, 0.1) is 0 Å². The lowest BCUT2D eigenvalue weighted by Crippen LogP contribution is -2.36. The highest BCUT2D eigenvalue weighted by atomic mass is 19.4. The van der Waals surface area contributed by atoms with Crippen LogP contribution in [0.15, 0.2) is 85.1 Å². The van der Waals surface area contributed by atoms with Crippen molar-refractivity contribution in [1.82, 2.24) is 9.78 Å². The van der Waals surface area contributed by atoms with E-state index in [0.717, 1.165) is 15.8 Å². The van der Waals surface area contributed by atoms with Gasteiger partial charge in [-0.2, -0.15) is 18.3 Å². The van der Waals surface area contributed by atoms with Crippen LogP contribution in [0.1, 0.15) is 57.9 Å². The fourth-order valence-electron chi connectivity index (χ4n) is 5.07. The zero-order valence-electron chi connectivity index (χ0n) is 21.5. The van der Waals surface area contributed by atoms with Crippen LogP contribution < -0.4 is 14.8 Å². The lowest BCUT2D eigenvalue weighted by Gasteiger charge is -2.34. The molecule has 1 N–H and O–H groups in total. The molecule has 5 rings (SSSR count). The van der Waals surface area contributed by atoms with Crippen molar-refractivity contribution in [2.45, 2.75) is 37.0 Å². The second kappa shape index (κ2) is 10.8. The Bertz CT molecular complexity index is 1370. The van der Waals surface area contributed by atoms with Crippen molar-refractivity contribution < 1.29 is 27.4 Å². The molecule has 6 nitrogen and oxygen atoms in total. The molecule has 3 aromatic carbocycles. The number of ketones is 1. The first-order valence-corrected chi connectivity index (χ1v) is 12.5. The number of nitrogens with zero attached hydrogens (tertiary/aromatic N) is 2. The summed E-state index contributed by atoms with van der Waals surface area (Å²) in [5.41, 5.74) is 2.60. The van der Waals surface area contributed by atoms with Gasteiger partial charge in [0.1, 0.15) is 17.3 Å². The number of aromatic nitrogens is 2. The Labute approximate surface area is 224 Å². The van der Waals surface area contributed by atoms with Gasteiger partial charge in [-0.3, -0.25) is 4.79 Å². The van der Waals surface area contributed by atoms with Gasteiger partial charge in [-0.05, 0) is 41.0 Å². The molecule has 1 aliphatic heterocycles. The van der Waals surface area contributed by atoms with E-state index in [0.29, 0.717) is 17.1 Å². The number of hydrogen-bond acceptors (Lipinski definition) is 5. The summed E-state index contributed by atoms with van der Waals surface area (Å²) in [5, 5.41) is 7.21. The largest absolute Gasteiger partial charge is 0.497 e. The van der Waals surface area contributed by atoms with Crippen LogP contribution in [-0.2, 0) is 0 Å². The highest BCUT2D eigenvalue weighted by molar-refractivity contribution is 6.01. The van der Waals surface area contributed by atoms with E-state index in [1.807, 2.05) is 54.6 Å². The number of anilines is 1. The van der Waals surface area contributed by atoms with E-state index in [1.165, 1.54) is 6.20 Å². The maximum Gasteiger partial charge on any atom is 0.410 e. The average Bonchev–Trinajstić information content (AvgIpc) is 3.39. The third-order valence-corrected chi connectivity index (χ3v) is 7.17. The standard InChI is InChI=1S/C30H28F3N3O3/c1-38-22-12-8-19(9-13-22)24(20-10-14-23(39-2)15-11-20)16-27(37)25-18-34-36-28(30(31,32)33)17-26(35-29(25)36)21-6-4-3-5-7-21/h3-15,18,24,26,28,35H,16-17H2,1-2H3. The van der Waals surface area contributed by atoms with Gasteiger partial charge in [0.25, 0.3) is 0 Å². The summed E-state index contributed by atoms with van der Waals surface area (Å²) in [6.45, 7) is 0. The summed E-state index contributed by atoms with van der Waals surface area (Å²) in [4.78, 5) is 13.8. The first-order valence-electron chi connectivity index (χ1n) is 12.5. The van der Waals surface area contributed by atoms with E-state index in [1.54, 1.807) is 38.5 Å². The number of Topliss-reactive ketones (excluding diaryl/α,β-unsaturated/α-hetero) is 1. The molecule has 0 spiro atoms. The molecular weight excluding hydrogens is 507 g/mol. The molecule has 2 unspecified atom stereocenters. The second-order valence-electron chi connectivity index (χ2n) is 9.48. The molecule has 39 heavy (non-hydrogen) atoms. The zero-order valence-corrected chi connectivity index (χ0v) is 21.5. The summed E-state index contributed by atoms with van der Waals surface area (Å²) >= 11 is 0. The van der Waals surface area contributed by atoms with E-state index in [2.05, 4.69) is 10.4 Å². The number of benzene rings is 3. The fraction of sp³-hybridized carbons (Fsp3) is 0.267. The lowest BCUT2D eigenvalue weighted by molar-refractivity contribution is -0.173. The Hall–Kier alpha value is -4.27. The first kappa shape index (κ1) is 26.3. The Morgan fingerprint density at radius 2 is 1.51 bits per heavy atom. The van der Waals surface area contributed by atoms with Crippen molar-refractivity contribution in [2.24, 2.45) is 0 Å². The summed E-state index contributed by atoms with van der Waals surface area (Å²) in [7, 11) is 3.15. The number of carbonyl (C=O) groups is 1. The maximum atomic E-state index is 14.1. The van der Waals surface area contributed by atoms with E-state index in [4.69, 9.17) is 9.47 Å². The molecule has 0 saturated heterocycles. The molecular formula is C30H28F3N3O3. The Morgan fingerprint density at radius 1 is 0.949 bits per heavy atom. The van der Waals surface area contributed by atoms with Crippen molar-refractivity contribution in [3.05, 3.63) is 107 Å². The van der Waals surface area contributed by atoms with Crippen LogP contribution in [0.4, 0.5) is 19.0 Å². The number of ether oxygens (including phenoxy) is 2. The number of fused-ring (bicyclic) bond motifs is 1. The Morgan fingerprint density at radius 3 is 2.03 bits per heavy atom. The average molecular weight is 536 g/mol. The van der Waals surface area contributed by atoms with Gasteiger partial charge in [0.15, 0.2) is 11.8 Å². The first-order chi connectivity index (χ1) is 18.8. The van der Waals surface area contributed by atoms with E-state index in [-0.39, 0.29) is 35.9 Å². The number of halogens is 3. The van der Waals surface area contributed by atoms with Gasteiger partial charge in [-0.15, -0.1) is 0 Å². The normalized spacial score (nSPS) is 16.9. The number of hydrogen-bond donors (Lipinski definition) is 1. The minimum absolute atomic E-state index is 0.0335. The van der Waals surface area contributed by atoms with Gasteiger partial charge in [0, 0.05) is 18.8 Å². The molecule has 0 bridgehead atoms. The molecule has 2 atom stereocenters. The molecule has 9 heteroatoms. The van der Waals surface area contributed by atoms with Crippen molar-refractivity contribution in [1.29, 1.82) is 0 Å². The zero-order chi connectivity index (χ0) is 27.6. The van der Waals surface area contributed by atoms with Crippen LogP contribution in [0.3, 0.4) is 0 Å². The van der Waals surface area contributed by atoms with E-state index < -0.39 is 18.3 Å². The van der Waals surface area contributed by atoms with Gasteiger partial charge in [-0.25, -0.2) is 4.68 Å². The summed E-state index contributed by atoms with van der Waals surface area (Å²) in [6, 6.07) is 21.3. The molecule has 0 aliphatic carbocycles. The predicted molar refractivity (Wildman–Crippen MR) is 142 cm³/mol. The SMILES string of the molecule is COc1ccc(C(CC(=O)c2cnn3c2NC(c2ccccc2)CC3C(F)(F)F)c2ccc(OC)cc2)cc1. The van der Waals surface area contributed by atoms with Crippen molar-refractivity contribution in [3.8, 4) is 11.5 Å². The predicted octanol–water partition coefficient (Wildman–Crippen LogP) is 6.97. The third-order valence-electron chi connectivity index (χ3n) is 7.17. The van der Waals surface area contributed by atoms with Gasteiger partial charge in [-0.1, -0.05) is 54.6 Å². The second-order valence-corrected chi connectivity index (χ2v) is 9.48. The van der Waals surface area contributed by atoms with Crippen molar-refractivity contribution in [3.63, 3.8) is 0 Å². The molecule has 0 radical (unpaired) electrons. The highest BCUT2D eigenvalue weighted by Gasteiger charge is 2.47. The molecule has 2 heterocycles. The number of carbonyl (C=O) groups excluding carboxylic acids is 1. The van der Waals surface area contributed by atoms with E-state index in [9.17, 15) is 18.0 Å². The molecule has 202 valence electrons. The van der Waals surface area contributed by atoms with E-state index >= 15 is 0 Å². The van der Waals surface area contributed by atoms with Crippen LogP contribution in [0.5, 0.6) is 11.5 Å². The maximum absolute atomic E-state index is 14.1. The highest BCUT2D eigenvalue weighted by Crippen LogP contribution is 2.45. The minimum Gasteiger partial charge on any atom is -0.497 e. The van der Waals surface area contributed by atoms with Gasteiger partial charge >= 0.3 is 6.18 Å². The molecule has 4 aromatic rings. The summed E-state index contributed by atoms with van der Waals surface area (Å²) < 4.78 is 53.8. The van der Waals surface area contributed by atoms with Crippen molar-refractivity contribution >= 4 is 11.6 Å². The molecule has 1 aliphatic rings. The molecule has 0 amide bonds. The Balaban J connectivity index is 1.50. The number of rotatable bonds is 8. The molecule has 0 saturated carbocycles. The smallest absolute Gasteiger partial charge is 0.410 e. The monoisotopic (exact) mass is 535 g/mol. The fourth-order valence-corrected chi connectivity index (χ4v) is 5.07. The lowest BCUT2D eigenvalue weighted by atomic mass is 9.86. The summed E-state index contributed by atoms with van der Waals surface area (Å²) in [5.74, 6) is 0.787. The minimum atomic E-state index is -4.52. The van der Waals surface area contributed by atoms with Crippen LogP contribution >= 0.6 is 0 Å². The summed E-state index contributed by atoms with van der Waals surface area (Å²) in [6.07, 6.45) is -3.47. The van der Waals surface area contributed by atoms with Gasteiger partial charge in [0.2, 0.25) is 0 Å². The molecule has 1 aromatic heterocycles. The van der Waals surface area contributed by atoms with Gasteiger partial charge in [0.05, 0.1) is 32.0 Å². The van der Waals surface area contributed by atoms with Crippen LogP contribution in [-0.4, -0.2) is 36.0 Å². The quantitative estimate of drug-likeness (QED) is 0.247. The number of methoxy groups -OCH3 is 2. The molecule has 0 fully saturated rings. The Kier molecular flexibility index (Phi) is 7.32. The topological polar surface area (TPSA) is 65.4 Å². The third kappa shape index (κ3) is 5.48.